The first-order valence-electron chi connectivity index (χ1n) is 6.59. The summed E-state index contributed by atoms with van der Waals surface area (Å²) in [7, 11) is 0. The fourth-order valence-corrected chi connectivity index (χ4v) is 3.72. The molecule has 0 unspecified atom stereocenters. The van der Waals surface area contributed by atoms with Crippen LogP contribution in [0.4, 0.5) is 5.69 Å². The molecule has 0 aliphatic heterocycles. The number of halogens is 2. The van der Waals surface area contributed by atoms with Gasteiger partial charge < -0.3 is 5.32 Å². The van der Waals surface area contributed by atoms with Crippen LogP contribution in [0.2, 0.25) is 10.0 Å². The summed E-state index contributed by atoms with van der Waals surface area (Å²) in [5.74, 6) is 0.202. The van der Waals surface area contributed by atoms with Crippen LogP contribution < -0.4 is 5.32 Å². The number of hydrogen-bond acceptors (Lipinski definition) is 4. The Morgan fingerprint density at radius 1 is 1.32 bits per heavy atom. The first kappa shape index (κ1) is 17.6. The summed E-state index contributed by atoms with van der Waals surface area (Å²) in [6.07, 6.45) is 0. The van der Waals surface area contributed by atoms with E-state index in [9.17, 15) is 4.79 Å². The average Bonchev–Trinajstić information content (AvgIpc) is 2.89. The highest BCUT2D eigenvalue weighted by molar-refractivity contribution is 8.01. The minimum atomic E-state index is -0.101. The zero-order valence-electron chi connectivity index (χ0n) is 12.4. The van der Waals surface area contributed by atoms with Crippen molar-refractivity contribution in [2.45, 2.75) is 30.5 Å². The predicted octanol–water partition coefficient (Wildman–Crippen LogP) is 5.48. The summed E-state index contributed by atoms with van der Waals surface area (Å²) in [4.78, 5) is 16.5. The minimum absolute atomic E-state index is 0.0254. The second-order valence-corrected chi connectivity index (χ2v) is 8.61. The van der Waals surface area contributed by atoms with Gasteiger partial charge in [-0.05, 0) is 18.2 Å². The Bertz CT molecular complexity index is 680. The van der Waals surface area contributed by atoms with Gasteiger partial charge in [0.2, 0.25) is 5.91 Å². The fourth-order valence-electron chi connectivity index (χ4n) is 1.57. The van der Waals surface area contributed by atoms with Crippen LogP contribution in [-0.2, 0) is 10.2 Å². The van der Waals surface area contributed by atoms with E-state index in [2.05, 4.69) is 31.1 Å². The van der Waals surface area contributed by atoms with Gasteiger partial charge in [0.1, 0.15) is 0 Å². The number of carbonyl (C=O) groups is 1. The molecule has 1 N–H and O–H groups in total. The third-order valence-electron chi connectivity index (χ3n) is 2.78. The second kappa shape index (κ2) is 7.21. The number of amides is 1. The van der Waals surface area contributed by atoms with Gasteiger partial charge in [0.05, 0.1) is 21.5 Å². The molecule has 1 aromatic carbocycles. The standard InChI is InChI=1S/C15H16Cl2N2OS2/c1-15(2,3)12-7-21-14(19-12)22-8-13(20)18-9-4-5-10(16)11(17)6-9/h4-7H,8H2,1-3H3,(H,18,20). The number of benzene rings is 1. The lowest BCUT2D eigenvalue weighted by molar-refractivity contribution is -0.113. The Labute approximate surface area is 148 Å². The predicted molar refractivity (Wildman–Crippen MR) is 96.6 cm³/mol. The van der Waals surface area contributed by atoms with E-state index >= 15 is 0 Å². The Morgan fingerprint density at radius 2 is 2.05 bits per heavy atom. The number of rotatable bonds is 4. The van der Waals surface area contributed by atoms with Crippen LogP contribution in [0, 0.1) is 0 Å². The minimum Gasteiger partial charge on any atom is -0.325 e. The number of thioether (sulfide) groups is 1. The maximum atomic E-state index is 12.0. The van der Waals surface area contributed by atoms with Crippen molar-refractivity contribution >= 4 is 57.9 Å². The maximum absolute atomic E-state index is 12.0. The van der Waals surface area contributed by atoms with E-state index in [0.717, 1.165) is 10.0 Å². The van der Waals surface area contributed by atoms with Crippen molar-refractivity contribution in [3.05, 3.63) is 39.3 Å². The van der Waals surface area contributed by atoms with Crippen LogP contribution in [0.3, 0.4) is 0 Å². The molecule has 0 aliphatic carbocycles. The molecule has 2 aromatic rings. The Balaban J connectivity index is 1.90. The molecule has 0 saturated carbocycles. The number of carbonyl (C=O) groups excluding carboxylic acids is 1. The summed E-state index contributed by atoms with van der Waals surface area (Å²) in [6.45, 7) is 6.36. The van der Waals surface area contributed by atoms with Crippen molar-refractivity contribution in [3.63, 3.8) is 0 Å². The lowest BCUT2D eigenvalue weighted by Gasteiger charge is -2.14. The molecule has 1 amide bonds. The summed E-state index contributed by atoms with van der Waals surface area (Å²) in [6, 6.07) is 5.01. The van der Waals surface area contributed by atoms with Crippen molar-refractivity contribution in [1.82, 2.24) is 4.98 Å². The molecule has 22 heavy (non-hydrogen) atoms. The Morgan fingerprint density at radius 3 is 2.64 bits per heavy atom. The quantitative estimate of drug-likeness (QED) is 0.720. The molecular weight excluding hydrogens is 359 g/mol. The van der Waals surface area contributed by atoms with Gasteiger partial charge >= 0.3 is 0 Å². The van der Waals surface area contributed by atoms with Crippen LogP contribution in [-0.4, -0.2) is 16.6 Å². The van der Waals surface area contributed by atoms with Gasteiger partial charge in [-0.25, -0.2) is 4.98 Å². The van der Waals surface area contributed by atoms with Gasteiger partial charge in [-0.2, -0.15) is 0 Å². The molecule has 3 nitrogen and oxygen atoms in total. The van der Waals surface area contributed by atoms with Crippen molar-refractivity contribution in [3.8, 4) is 0 Å². The van der Waals surface area contributed by atoms with Crippen LogP contribution in [0.5, 0.6) is 0 Å². The molecule has 7 heteroatoms. The molecule has 1 aromatic heterocycles. The van der Waals surface area contributed by atoms with E-state index in [4.69, 9.17) is 23.2 Å². The molecule has 0 saturated heterocycles. The molecule has 0 fully saturated rings. The Kier molecular flexibility index (Phi) is 5.77. The Hall–Kier alpha value is -0.750. The number of nitrogens with one attached hydrogen (secondary N) is 1. The number of thiazole rings is 1. The van der Waals surface area contributed by atoms with E-state index in [1.807, 2.05) is 5.38 Å². The normalized spacial score (nSPS) is 11.5. The monoisotopic (exact) mass is 374 g/mol. The SMILES string of the molecule is CC(C)(C)c1csc(SCC(=O)Nc2ccc(Cl)c(Cl)c2)n1. The highest BCUT2D eigenvalue weighted by Crippen LogP contribution is 2.29. The molecule has 0 spiro atoms. The van der Waals surface area contributed by atoms with Crippen LogP contribution in [0.1, 0.15) is 26.5 Å². The first-order chi connectivity index (χ1) is 10.3. The lowest BCUT2D eigenvalue weighted by atomic mass is 9.93. The highest BCUT2D eigenvalue weighted by Gasteiger charge is 2.18. The van der Waals surface area contributed by atoms with E-state index < -0.39 is 0 Å². The zero-order chi connectivity index (χ0) is 16.3. The molecular formula is C15H16Cl2N2OS2. The molecule has 0 atom stereocenters. The smallest absolute Gasteiger partial charge is 0.234 e. The van der Waals surface area contributed by atoms with Gasteiger partial charge in [-0.15, -0.1) is 11.3 Å². The van der Waals surface area contributed by atoms with Gasteiger partial charge in [0.15, 0.2) is 4.34 Å². The molecule has 1 heterocycles. The molecule has 0 bridgehead atoms. The molecule has 0 radical (unpaired) electrons. The summed E-state index contributed by atoms with van der Waals surface area (Å²) >= 11 is 14.8. The van der Waals surface area contributed by atoms with E-state index in [-0.39, 0.29) is 11.3 Å². The van der Waals surface area contributed by atoms with E-state index in [1.54, 1.807) is 29.5 Å². The van der Waals surface area contributed by atoms with Crippen LogP contribution in [0.25, 0.3) is 0 Å². The van der Waals surface area contributed by atoms with Crippen molar-refractivity contribution in [2.75, 3.05) is 11.1 Å². The van der Waals surface area contributed by atoms with Gasteiger partial charge in [0.25, 0.3) is 0 Å². The van der Waals surface area contributed by atoms with Crippen molar-refractivity contribution < 1.29 is 4.79 Å². The number of anilines is 1. The first-order valence-corrected chi connectivity index (χ1v) is 9.21. The van der Waals surface area contributed by atoms with Crippen molar-refractivity contribution in [2.24, 2.45) is 0 Å². The second-order valence-electron chi connectivity index (χ2n) is 5.71. The number of aromatic nitrogens is 1. The van der Waals surface area contributed by atoms with Crippen molar-refractivity contribution in [1.29, 1.82) is 0 Å². The summed E-state index contributed by atoms with van der Waals surface area (Å²) in [5, 5.41) is 5.71. The fraction of sp³-hybridized carbons (Fsp3) is 0.333. The molecule has 118 valence electrons. The average molecular weight is 375 g/mol. The molecule has 2 rings (SSSR count). The largest absolute Gasteiger partial charge is 0.325 e. The summed E-state index contributed by atoms with van der Waals surface area (Å²) < 4.78 is 0.897. The van der Waals surface area contributed by atoms with Crippen LogP contribution in [0.15, 0.2) is 27.9 Å². The third kappa shape index (κ3) is 4.88. The van der Waals surface area contributed by atoms with Gasteiger partial charge in [0, 0.05) is 16.5 Å². The van der Waals surface area contributed by atoms with Gasteiger partial charge in [-0.3, -0.25) is 4.79 Å². The molecule has 0 aliphatic rings. The van der Waals surface area contributed by atoms with E-state index in [1.165, 1.54) is 11.8 Å². The maximum Gasteiger partial charge on any atom is 0.234 e. The summed E-state index contributed by atoms with van der Waals surface area (Å²) in [5.41, 5.74) is 1.71. The van der Waals surface area contributed by atoms with E-state index in [0.29, 0.717) is 21.5 Å². The zero-order valence-corrected chi connectivity index (χ0v) is 15.6. The van der Waals surface area contributed by atoms with Crippen LogP contribution >= 0.6 is 46.3 Å². The third-order valence-corrected chi connectivity index (χ3v) is 5.54. The highest BCUT2D eigenvalue weighted by atomic mass is 35.5. The number of nitrogens with zero attached hydrogens (tertiary/aromatic N) is 1. The topological polar surface area (TPSA) is 42.0 Å². The van der Waals surface area contributed by atoms with Gasteiger partial charge in [-0.1, -0.05) is 55.7 Å². The lowest BCUT2D eigenvalue weighted by Crippen LogP contribution is -2.14. The number of hydrogen-bond donors (Lipinski definition) is 1.